The van der Waals surface area contributed by atoms with Crippen molar-refractivity contribution in [3.8, 4) is 0 Å². The Morgan fingerprint density at radius 2 is 0.913 bits per heavy atom. The highest BCUT2D eigenvalue weighted by Gasteiger charge is 2.61. The SMILES string of the molecule is C/C=C1/C(=O)C[C@H]2[C@@H]3CCC4=CC(=O)CC[C@]4(C)[C@H]3CC[C@]12C.C/C=C1\C(=O)C[C@H]2[C@@H]3CCC4=CC(=O)CC[C@]4(C)[C@H]3CC[C@]12C. The quantitative estimate of drug-likeness (QED) is 0.252. The first kappa shape index (κ1) is 32.2. The van der Waals surface area contributed by atoms with Crippen LogP contribution in [-0.4, -0.2) is 23.1 Å². The van der Waals surface area contributed by atoms with Gasteiger partial charge in [0, 0.05) is 25.7 Å². The van der Waals surface area contributed by atoms with Gasteiger partial charge in [-0.05, 0) is 159 Å². The van der Waals surface area contributed by atoms with Crippen molar-refractivity contribution >= 4 is 23.1 Å². The molecule has 0 amide bonds. The number of ketones is 4. The Morgan fingerprint density at radius 3 is 1.28 bits per heavy atom. The summed E-state index contributed by atoms with van der Waals surface area (Å²) >= 11 is 0. The third-order valence-corrected chi connectivity index (χ3v) is 15.9. The molecule has 0 bridgehead atoms. The van der Waals surface area contributed by atoms with Gasteiger partial charge in [-0.25, -0.2) is 0 Å². The van der Waals surface area contributed by atoms with Crippen LogP contribution in [0.1, 0.15) is 131 Å². The van der Waals surface area contributed by atoms with E-state index < -0.39 is 0 Å². The third-order valence-electron chi connectivity index (χ3n) is 15.9. The first-order valence-corrected chi connectivity index (χ1v) is 18.7. The van der Waals surface area contributed by atoms with Gasteiger partial charge in [0.25, 0.3) is 0 Å². The number of carbonyl (C=O) groups is 4. The van der Waals surface area contributed by atoms with Crippen LogP contribution in [-0.2, 0) is 19.2 Å². The molecule has 0 aromatic heterocycles. The second-order valence-electron chi connectivity index (χ2n) is 17.5. The maximum atomic E-state index is 12.5. The average Bonchev–Trinajstić information content (AvgIpc) is 3.44. The van der Waals surface area contributed by atoms with E-state index in [4.69, 9.17) is 0 Å². The van der Waals surface area contributed by atoms with Crippen LogP contribution in [0.2, 0.25) is 0 Å². The van der Waals surface area contributed by atoms with E-state index >= 15 is 0 Å². The fraction of sp³-hybridized carbons (Fsp3) is 0.714. The van der Waals surface area contributed by atoms with Crippen LogP contribution in [0, 0.1) is 57.2 Å². The molecule has 46 heavy (non-hydrogen) atoms. The summed E-state index contributed by atoms with van der Waals surface area (Å²) in [4.78, 5) is 48.8. The van der Waals surface area contributed by atoms with Gasteiger partial charge in [0.1, 0.15) is 0 Å². The van der Waals surface area contributed by atoms with Crippen molar-refractivity contribution < 1.29 is 19.2 Å². The van der Waals surface area contributed by atoms with Gasteiger partial charge in [-0.3, -0.25) is 19.2 Å². The molecule has 0 aromatic rings. The molecule has 10 atom stereocenters. The predicted molar refractivity (Wildman–Crippen MR) is 182 cm³/mol. The lowest BCUT2D eigenvalue weighted by Gasteiger charge is -2.57. The molecule has 248 valence electrons. The zero-order chi connectivity index (χ0) is 32.8. The van der Waals surface area contributed by atoms with Gasteiger partial charge >= 0.3 is 0 Å². The van der Waals surface area contributed by atoms with Crippen LogP contribution < -0.4 is 0 Å². The van der Waals surface area contributed by atoms with Gasteiger partial charge in [0.05, 0.1) is 0 Å². The lowest BCUT2D eigenvalue weighted by Crippen LogP contribution is -2.49. The smallest absolute Gasteiger partial charge is 0.159 e. The molecular weight excluding hydrogens is 568 g/mol. The van der Waals surface area contributed by atoms with E-state index in [9.17, 15) is 19.2 Å². The standard InChI is InChI=1S/2C21H28O2/c2*1-4-16-19(23)12-18-15-6-5-13-11-14(22)7-9-20(13,2)17(15)8-10-21(16,18)3/h2*4,11,15,17-18H,5-10,12H2,1-3H3/b16-4+;16-4-/t2*15-,17+,18+,20+,21-/m11/s1. The van der Waals surface area contributed by atoms with Crippen molar-refractivity contribution in [3.63, 3.8) is 0 Å². The lowest BCUT2D eigenvalue weighted by atomic mass is 9.47. The maximum Gasteiger partial charge on any atom is 0.159 e. The molecule has 0 N–H and O–H groups in total. The predicted octanol–water partition coefficient (Wildman–Crippen LogP) is 9.29. The second-order valence-corrected chi connectivity index (χ2v) is 17.5. The molecule has 4 nitrogen and oxygen atoms in total. The van der Waals surface area contributed by atoms with Gasteiger partial charge in [-0.15, -0.1) is 0 Å². The molecule has 8 aliphatic rings. The van der Waals surface area contributed by atoms with E-state index in [0.29, 0.717) is 71.5 Å². The zero-order valence-corrected chi connectivity index (χ0v) is 29.3. The van der Waals surface area contributed by atoms with E-state index in [1.165, 1.54) is 36.8 Å². The Balaban J connectivity index is 0.000000147. The van der Waals surface area contributed by atoms with Gasteiger partial charge in [-0.2, -0.15) is 0 Å². The minimum Gasteiger partial charge on any atom is -0.295 e. The monoisotopic (exact) mass is 624 g/mol. The summed E-state index contributed by atoms with van der Waals surface area (Å²) in [5.41, 5.74) is 5.66. The fourth-order valence-corrected chi connectivity index (χ4v) is 13.4. The average molecular weight is 625 g/mol. The van der Waals surface area contributed by atoms with Crippen LogP contribution in [0.3, 0.4) is 0 Å². The minimum atomic E-state index is 0.106. The first-order chi connectivity index (χ1) is 21.8. The van der Waals surface area contributed by atoms with E-state index in [0.717, 1.165) is 62.5 Å². The number of hydrogen-bond acceptors (Lipinski definition) is 4. The van der Waals surface area contributed by atoms with Crippen molar-refractivity contribution in [2.75, 3.05) is 0 Å². The van der Waals surface area contributed by atoms with Gasteiger partial charge in [0.15, 0.2) is 23.1 Å². The number of allylic oxidation sites excluding steroid dienone is 6. The molecular formula is C42H56O4. The molecule has 0 radical (unpaired) electrons. The van der Waals surface area contributed by atoms with Crippen LogP contribution >= 0.6 is 0 Å². The molecule has 8 aliphatic carbocycles. The zero-order valence-electron chi connectivity index (χ0n) is 29.3. The number of hydrogen-bond donors (Lipinski definition) is 0. The Kier molecular flexibility index (Phi) is 7.76. The molecule has 0 unspecified atom stereocenters. The van der Waals surface area contributed by atoms with E-state index in [2.05, 4.69) is 39.8 Å². The molecule has 6 fully saturated rings. The summed E-state index contributed by atoms with van der Waals surface area (Å²) in [6, 6.07) is 0. The lowest BCUT2D eigenvalue weighted by molar-refractivity contribution is -0.118. The summed E-state index contributed by atoms with van der Waals surface area (Å²) in [6.07, 6.45) is 22.2. The van der Waals surface area contributed by atoms with Crippen molar-refractivity contribution in [3.05, 3.63) is 46.6 Å². The summed E-state index contributed by atoms with van der Waals surface area (Å²) in [6.45, 7) is 13.5. The van der Waals surface area contributed by atoms with Crippen LogP contribution in [0.5, 0.6) is 0 Å². The Bertz CT molecular complexity index is 1390. The maximum absolute atomic E-state index is 12.5. The molecule has 0 aromatic carbocycles. The Morgan fingerprint density at radius 1 is 0.522 bits per heavy atom. The number of rotatable bonds is 0. The van der Waals surface area contributed by atoms with E-state index in [1.54, 1.807) is 0 Å². The second kappa shape index (κ2) is 11.1. The summed E-state index contributed by atoms with van der Waals surface area (Å²) in [5, 5.41) is 0. The highest BCUT2D eigenvalue weighted by atomic mass is 16.1. The van der Waals surface area contributed by atoms with Crippen LogP contribution in [0.15, 0.2) is 46.6 Å². The molecule has 0 heterocycles. The van der Waals surface area contributed by atoms with E-state index in [-0.39, 0.29) is 21.7 Å². The van der Waals surface area contributed by atoms with Gasteiger partial charge < -0.3 is 0 Å². The van der Waals surface area contributed by atoms with Gasteiger partial charge in [0.2, 0.25) is 0 Å². The highest BCUT2D eigenvalue weighted by molar-refractivity contribution is 6.00. The molecule has 0 spiro atoms. The van der Waals surface area contributed by atoms with E-state index in [1.807, 2.05) is 26.0 Å². The summed E-state index contributed by atoms with van der Waals surface area (Å²) < 4.78 is 0. The summed E-state index contributed by atoms with van der Waals surface area (Å²) in [7, 11) is 0. The fourth-order valence-electron chi connectivity index (χ4n) is 13.4. The number of fused-ring (bicyclic) bond motifs is 10. The first-order valence-electron chi connectivity index (χ1n) is 18.7. The van der Waals surface area contributed by atoms with Gasteiger partial charge in [-0.1, -0.05) is 51.0 Å². The van der Waals surface area contributed by atoms with Crippen LogP contribution in [0.4, 0.5) is 0 Å². The molecule has 8 rings (SSSR count). The van der Waals surface area contributed by atoms with Crippen molar-refractivity contribution in [2.45, 2.75) is 131 Å². The molecule has 0 saturated heterocycles. The molecule has 0 aliphatic heterocycles. The minimum absolute atomic E-state index is 0.106. The normalized spacial score (nSPS) is 47.9. The van der Waals surface area contributed by atoms with Crippen LogP contribution in [0.25, 0.3) is 0 Å². The highest BCUT2D eigenvalue weighted by Crippen LogP contribution is 2.67. The third kappa shape index (κ3) is 4.50. The van der Waals surface area contributed by atoms with Crippen molar-refractivity contribution in [2.24, 2.45) is 57.2 Å². The number of Topliss-reactive ketones (excluding diaryl/α,β-unsaturated/α-hetero) is 2. The molecule has 4 heteroatoms. The number of carbonyl (C=O) groups excluding carboxylic acids is 4. The van der Waals surface area contributed by atoms with Crippen molar-refractivity contribution in [1.29, 1.82) is 0 Å². The topological polar surface area (TPSA) is 68.3 Å². The largest absolute Gasteiger partial charge is 0.295 e. The summed E-state index contributed by atoms with van der Waals surface area (Å²) in [5.74, 6) is 5.13. The van der Waals surface area contributed by atoms with Crippen molar-refractivity contribution in [1.82, 2.24) is 0 Å². The Labute approximate surface area is 277 Å². The Hall–Kier alpha value is -2.36. The molecule has 6 saturated carbocycles.